The van der Waals surface area contributed by atoms with Gasteiger partial charge in [-0.05, 0) is 12.1 Å². The van der Waals surface area contributed by atoms with Crippen molar-refractivity contribution in [1.82, 2.24) is 9.88 Å². The number of nitrogens with one attached hydrogen (secondary N) is 1. The first kappa shape index (κ1) is 12.4. The molecule has 0 bridgehead atoms. The molecule has 1 aromatic rings. The van der Waals surface area contributed by atoms with E-state index in [9.17, 15) is 18.4 Å². The quantitative estimate of drug-likeness (QED) is 0.810. The fourth-order valence-corrected chi connectivity index (χ4v) is 1.84. The summed E-state index contributed by atoms with van der Waals surface area (Å²) < 4.78 is 25.7. The Morgan fingerprint density at radius 2 is 2.33 bits per heavy atom. The van der Waals surface area contributed by atoms with E-state index in [4.69, 9.17) is 0 Å². The molecule has 1 N–H and O–H groups in total. The summed E-state index contributed by atoms with van der Waals surface area (Å²) in [6, 6.07) is 1.59. The number of halogens is 2. The minimum absolute atomic E-state index is 0.0359. The van der Waals surface area contributed by atoms with Crippen LogP contribution in [0.15, 0.2) is 18.3 Å². The van der Waals surface area contributed by atoms with E-state index in [0.29, 0.717) is 6.41 Å². The van der Waals surface area contributed by atoms with Crippen LogP contribution in [0.1, 0.15) is 6.42 Å². The van der Waals surface area contributed by atoms with Crippen molar-refractivity contribution >= 4 is 18.1 Å². The highest BCUT2D eigenvalue weighted by Gasteiger charge is 2.36. The first-order valence-corrected chi connectivity index (χ1v) is 5.37. The van der Waals surface area contributed by atoms with Crippen LogP contribution in [0.4, 0.5) is 14.6 Å². The summed E-state index contributed by atoms with van der Waals surface area (Å²) in [5.41, 5.74) is 0. The molecule has 18 heavy (non-hydrogen) atoms. The number of amides is 2. The summed E-state index contributed by atoms with van der Waals surface area (Å²) in [4.78, 5) is 27.2. The van der Waals surface area contributed by atoms with Crippen LogP contribution in [-0.2, 0) is 9.59 Å². The normalized spacial score (nSPS) is 22.9. The predicted molar refractivity (Wildman–Crippen MR) is 58.9 cm³/mol. The number of carbonyl (C=O) groups excluding carboxylic acids is 2. The molecular formula is C11H11F2N3O2. The molecule has 0 aromatic carbocycles. The van der Waals surface area contributed by atoms with E-state index in [1.54, 1.807) is 0 Å². The van der Waals surface area contributed by atoms with Gasteiger partial charge in [0.15, 0.2) is 0 Å². The number of likely N-dealkylation sites (tertiary alicyclic amines) is 1. The number of aromatic nitrogens is 1. The van der Waals surface area contributed by atoms with Crippen molar-refractivity contribution in [2.24, 2.45) is 0 Å². The second-order valence-electron chi connectivity index (χ2n) is 4.00. The lowest BCUT2D eigenvalue weighted by atomic mass is 10.2. The molecule has 2 heterocycles. The minimum atomic E-state index is -1.20. The average molecular weight is 255 g/mol. The van der Waals surface area contributed by atoms with E-state index in [2.05, 4.69) is 10.3 Å². The molecule has 0 aliphatic carbocycles. The van der Waals surface area contributed by atoms with Gasteiger partial charge in [-0.15, -0.1) is 0 Å². The summed E-state index contributed by atoms with van der Waals surface area (Å²) in [7, 11) is 0. The number of alkyl halides is 1. The van der Waals surface area contributed by atoms with E-state index in [1.807, 2.05) is 0 Å². The minimum Gasteiger partial charge on any atom is -0.330 e. The molecule has 2 amide bonds. The van der Waals surface area contributed by atoms with Gasteiger partial charge in [-0.2, -0.15) is 0 Å². The zero-order valence-electron chi connectivity index (χ0n) is 9.35. The highest BCUT2D eigenvalue weighted by Crippen LogP contribution is 2.20. The Hall–Kier alpha value is -2.05. The maximum Gasteiger partial charge on any atom is 0.248 e. The van der Waals surface area contributed by atoms with E-state index in [0.717, 1.165) is 17.2 Å². The zero-order valence-corrected chi connectivity index (χ0v) is 9.35. The highest BCUT2D eigenvalue weighted by atomic mass is 19.1. The van der Waals surface area contributed by atoms with Gasteiger partial charge in [0.2, 0.25) is 12.3 Å². The van der Waals surface area contributed by atoms with Crippen molar-refractivity contribution in [1.29, 1.82) is 0 Å². The predicted octanol–water partition coefficient (Wildman–Crippen LogP) is 0.728. The molecule has 0 saturated carbocycles. The molecule has 2 atom stereocenters. The number of hydrogen-bond acceptors (Lipinski definition) is 3. The lowest BCUT2D eigenvalue weighted by Gasteiger charge is -2.18. The van der Waals surface area contributed by atoms with Crippen molar-refractivity contribution in [3.05, 3.63) is 24.1 Å². The molecule has 96 valence electrons. The number of rotatable bonds is 3. The lowest BCUT2D eigenvalue weighted by molar-refractivity contribution is -0.127. The topological polar surface area (TPSA) is 62.3 Å². The maximum absolute atomic E-state index is 13.1. The van der Waals surface area contributed by atoms with Gasteiger partial charge in [0.05, 0.1) is 12.7 Å². The highest BCUT2D eigenvalue weighted by molar-refractivity contribution is 5.95. The summed E-state index contributed by atoms with van der Waals surface area (Å²) in [6.45, 7) is -0.0849. The van der Waals surface area contributed by atoms with Crippen molar-refractivity contribution in [2.75, 3.05) is 11.9 Å². The third kappa shape index (κ3) is 2.61. The van der Waals surface area contributed by atoms with Crippen LogP contribution in [-0.4, -0.2) is 41.0 Å². The lowest BCUT2D eigenvalue weighted by Crippen LogP contribution is -2.38. The SMILES string of the molecule is O=CN1C[C@H](F)CC1C(=O)Nc1ccc(F)cn1. The third-order valence-electron chi connectivity index (χ3n) is 2.70. The number of hydrogen-bond donors (Lipinski definition) is 1. The zero-order chi connectivity index (χ0) is 13.1. The fraction of sp³-hybridized carbons (Fsp3) is 0.364. The van der Waals surface area contributed by atoms with E-state index < -0.39 is 23.9 Å². The summed E-state index contributed by atoms with van der Waals surface area (Å²) in [5.74, 6) is -0.886. The van der Waals surface area contributed by atoms with Crippen LogP contribution in [0.25, 0.3) is 0 Å². The standard InChI is InChI=1S/C11H11F2N3O2/c12-7-1-2-10(14-4-7)15-11(18)9-3-8(13)5-16(9)6-17/h1-2,4,6,8-9H,3,5H2,(H,14,15,18)/t8-,9?/m1/s1. The Bertz CT molecular complexity index is 452. The van der Waals surface area contributed by atoms with Crippen LogP contribution >= 0.6 is 0 Å². The van der Waals surface area contributed by atoms with Crippen LogP contribution in [0.2, 0.25) is 0 Å². The Morgan fingerprint density at radius 1 is 1.56 bits per heavy atom. The van der Waals surface area contributed by atoms with Gasteiger partial charge in [-0.3, -0.25) is 9.59 Å². The molecule has 1 fully saturated rings. The maximum atomic E-state index is 13.1. The molecule has 2 rings (SSSR count). The summed E-state index contributed by atoms with van der Waals surface area (Å²) >= 11 is 0. The number of carbonyl (C=O) groups is 2. The largest absolute Gasteiger partial charge is 0.330 e. The Balaban J connectivity index is 2.03. The van der Waals surface area contributed by atoms with E-state index >= 15 is 0 Å². The van der Waals surface area contributed by atoms with Gasteiger partial charge in [-0.25, -0.2) is 13.8 Å². The molecule has 7 heteroatoms. The van der Waals surface area contributed by atoms with Gasteiger partial charge in [0, 0.05) is 6.42 Å². The third-order valence-corrected chi connectivity index (χ3v) is 2.70. The van der Waals surface area contributed by atoms with Gasteiger partial charge < -0.3 is 10.2 Å². The molecule has 1 saturated heterocycles. The first-order valence-electron chi connectivity index (χ1n) is 5.37. The van der Waals surface area contributed by atoms with Gasteiger partial charge in [-0.1, -0.05) is 0 Å². The summed E-state index contributed by atoms with van der Waals surface area (Å²) in [5, 5.41) is 2.41. The molecule has 0 spiro atoms. The van der Waals surface area contributed by atoms with Crippen molar-refractivity contribution in [2.45, 2.75) is 18.6 Å². The number of anilines is 1. The van der Waals surface area contributed by atoms with Gasteiger partial charge >= 0.3 is 0 Å². The molecule has 1 aromatic heterocycles. The molecular weight excluding hydrogens is 244 g/mol. The average Bonchev–Trinajstić information content (AvgIpc) is 2.73. The van der Waals surface area contributed by atoms with E-state index in [1.165, 1.54) is 6.07 Å². The number of pyridine rings is 1. The van der Waals surface area contributed by atoms with Gasteiger partial charge in [0.25, 0.3) is 0 Å². The fourth-order valence-electron chi connectivity index (χ4n) is 1.84. The summed E-state index contributed by atoms with van der Waals surface area (Å²) in [6.07, 6.45) is 0.167. The van der Waals surface area contributed by atoms with Gasteiger partial charge in [0.1, 0.15) is 23.8 Å². The van der Waals surface area contributed by atoms with Crippen LogP contribution in [0, 0.1) is 5.82 Å². The molecule has 1 unspecified atom stereocenters. The van der Waals surface area contributed by atoms with Crippen molar-refractivity contribution in [3.8, 4) is 0 Å². The van der Waals surface area contributed by atoms with Crippen LogP contribution in [0.5, 0.6) is 0 Å². The first-order chi connectivity index (χ1) is 8.60. The van der Waals surface area contributed by atoms with Crippen LogP contribution in [0.3, 0.4) is 0 Å². The molecule has 0 radical (unpaired) electrons. The Morgan fingerprint density at radius 3 is 2.94 bits per heavy atom. The smallest absolute Gasteiger partial charge is 0.248 e. The molecule has 5 nitrogen and oxygen atoms in total. The molecule has 1 aliphatic rings. The monoisotopic (exact) mass is 255 g/mol. The Kier molecular flexibility index (Phi) is 3.50. The van der Waals surface area contributed by atoms with Crippen molar-refractivity contribution < 1.29 is 18.4 Å². The van der Waals surface area contributed by atoms with Crippen molar-refractivity contribution in [3.63, 3.8) is 0 Å². The van der Waals surface area contributed by atoms with Crippen LogP contribution < -0.4 is 5.32 Å². The number of nitrogens with zero attached hydrogens (tertiary/aromatic N) is 2. The Labute approximate surface area is 102 Å². The molecule has 1 aliphatic heterocycles. The van der Waals surface area contributed by atoms with E-state index in [-0.39, 0.29) is 18.8 Å². The second-order valence-corrected chi connectivity index (χ2v) is 4.00. The second kappa shape index (κ2) is 5.07.